The second-order valence-electron chi connectivity index (χ2n) is 5.53. The van der Waals surface area contributed by atoms with Crippen LogP contribution in [-0.2, 0) is 6.42 Å². The van der Waals surface area contributed by atoms with Gasteiger partial charge in [0.25, 0.3) is 5.91 Å². The molecule has 0 aliphatic rings. The van der Waals surface area contributed by atoms with Crippen LogP contribution < -0.4 is 5.32 Å². The molecule has 3 aromatic heterocycles. The maximum absolute atomic E-state index is 12.5. The molecule has 0 unspecified atom stereocenters. The van der Waals surface area contributed by atoms with Gasteiger partial charge in [-0.05, 0) is 25.0 Å². The van der Waals surface area contributed by atoms with Gasteiger partial charge in [-0.25, -0.2) is 4.98 Å². The molecule has 3 heterocycles. The van der Waals surface area contributed by atoms with Crippen LogP contribution in [0.1, 0.15) is 35.0 Å². The summed E-state index contributed by atoms with van der Waals surface area (Å²) in [4.78, 5) is 16.9. The molecule has 7 heteroatoms. The Bertz CT molecular complexity index is 820. The predicted molar refractivity (Wildman–Crippen MR) is 86.3 cm³/mol. The monoisotopic (exact) mass is 315 g/mol. The van der Waals surface area contributed by atoms with E-state index >= 15 is 0 Å². The number of hydrogen-bond acceptors (Lipinski definition) is 5. The summed E-state index contributed by atoms with van der Waals surface area (Å²) in [6, 6.07) is 5.64. The number of aromatic nitrogens is 4. The number of anilines is 1. The fourth-order valence-corrected chi connectivity index (χ4v) is 3.23. The number of aryl methyl sites for hydroxylation is 1. The Balaban J connectivity index is 1.84. The number of nitrogens with one attached hydrogen (secondary N) is 1. The summed E-state index contributed by atoms with van der Waals surface area (Å²) in [6.45, 7) is 6.08. The van der Waals surface area contributed by atoms with Crippen molar-refractivity contribution in [3.05, 3.63) is 40.8 Å². The first kappa shape index (κ1) is 14.6. The van der Waals surface area contributed by atoms with E-state index in [0.29, 0.717) is 22.4 Å². The second kappa shape index (κ2) is 5.84. The van der Waals surface area contributed by atoms with Gasteiger partial charge in [0, 0.05) is 12.6 Å². The minimum Gasteiger partial charge on any atom is -0.295 e. The van der Waals surface area contributed by atoms with Crippen LogP contribution in [0.15, 0.2) is 24.4 Å². The highest BCUT2D eigenvalue weighted by molar-refractivity contribution is 7.15. The van der Waals surface area contributed by atoms with E-state index in [-0.39, 0.29) is 5.91 Å². The maximum Gasteiger partial charge on any atom is 0.276 e. The van der Waals surface area contributed by atoms with E-state index in [1.165, 1.54) is 11.3 Å². The molecule has 0 saturated carbocycles. The van der Waals surface area contributed by atoms with Crippen molar-refractivity contribution in [2.45, 2.75) is 27.2 Å². The lowest BCUT2D eigenvalue weighted by atomic mass is 10.1. The fraction of sp³-hybridized carbons (Fsp3) is 0.333. The number of rotatable bonds is 4. The zero-order valence-electron chi connectivity index (χ0n) is 12.7. The van der Waals surface area contributed by atoms with Gasteiger partial charge in [0.15, 0.2) is 0 Å². The normalized spacial score (nSPS) is 11.3. The van der Waals surface area contributed by atoms with Crippen molar-refractivity contribution in [1.82, 2.24) is 19.6 Å². The Kier molecular flexibility index (Phi) is 3.89. The molecule has 114 valence electrons. The van der Waals surface area contributed by atoms with Crippen molar-refractivity contribution in [3.63, 3.8) is 0 Å². The number of carbonyl (C=O) groups is 1. The molecule has 0 fully saturated rings. The molecule has 0 bridgehead atoms. The molecule has 3 rings (SSSR count). The Morgan fingerprint density at radius 2 is 2.18 bits per heavy atom. The highest BCUT2D eigenvalue weighted by Gasteiger charge is 2.18. The largest absolute Gasteiger partial charge is 0.295 e. The van der Waals surface area contributed by atoms with Crippen LogP contribution in [0.25, 0.3) is 5.65 Å². The average molecular weight is 315 g/mol. The molecule has 0 spiro atoms. The fourth-order valence-electron chi connectivity index (χ4n) is 2.28. The van der Waals surface area contributed by atoms with Crippen LogP contribution in [0.2, 0.25) is 0 Å². The summed E-state index contributed by atoms with van der Waals surface area (Å²) in [6.07, 6.45) is 2.69. The molecule has 1 N–H and O–H groups in total. The van der Waals surface area contributed by atoms with Gasteiger partial charge in [0.1, 0.15) is 16.3 Å². The minimum absolute atomic E-state index is 0.219. The summed E-state index contributed by atoms with van der Waals surface area (Å²) in [7, 11) is 0. The van der Waals surface area contributed by atoms with Crippen molar-refractivity contribution in [2.75, 3.05) is 5.32 Å². The lowest BCUT2D eigenvalue weighted by Gasteiger charge is -2.02. The second-order valence-corrected chi connectivity index (χ2v) is 6.59. The van der Waals surface area contributed by atoms with Crippen LogP contribution >= 0.6 is 11.3 Å². The standard InChI is InChI=1S/C15H17N5OS/c1-9(2)8-12-18-19-15(22-12)17-14(21)13-10(3)16-11-6-4-5-7-20(11)13/h4-7,9H,8H2,1-3H3,(H,17,19,21). The third kappa shape index (κ3) is 2.85. The van der Waals surface area contributed by atoms with Crippen molar-refractivity contribution >= 4 is 28.0 Å². The smallest absolute Gasteiger partial charge is 0.276 e. The number of hydrogen-bond donors (Lipinski definition) is 1. The molecule has 1 amide bonds. The van der Waals surface area contributed by atoms with Gasteiger partial charge in [-0.15, -0.1) is 10.2 Å². The van der Waals surface area contributed by atoms with E-state index in [1.54, 1.807) is 4.40 Å². The molecule has 0 aliphatic carbocycles. The first-order valence-electron chi connectivity index (χ1n) is 7.12. The number of amides is 1. The van der Waals surface area contributed by atoms with Crippen molar-refractivity contribution in [1.29, 1.82) is 0 Å². The van der Waals surface area contributed by atoms with Crippen LogP contribution in [0, 0.1) is 12.8 Å². The SMILES string of the molecule is Cc1nc2ccccn2c1C(=O)Nc1nnc(CC(C)C)s1. The van der Waals surface area contributed by atoms with Gasteiger partial charge in [-0.1, -0.05) is 31.3 Å². The van der Waals surface area contributed by atoms with E-state index in [2.05, 4.69) is 34.3 Å². The lowest BCUT2D eigenvalue weighted by Crippen LogP contribution is -2.15. The molecule has 0 aliphatic heterocycles. The third-order valence-electron chi connectivity index (χ3n) is 3.19. The van der Waals surface area contributed by atoms with Crippen molar-refractivity contribution in [3.8, 4) is 0 Å². The molecule has 22 heavy (non-hydrogen) atoms. The van der Waals surface area contributed by atoms with E-state index in [1.807, 2.05) is 31.3 Å². The Labute approximate surface area is 132 Å². The van der Waals surface area contributed by atoms with E-state index < -0.39 is 0 Å². The lowest BCUT2D eigenvalue weighted by molar-refractivity contribution is 0.102. The molecule has 0 aromatic carbocycles. The number of pyridine rings is 1. The van der Waals surface area contributed by atoms with E-state index in [4.69, 9.17) is 0 Å². The highest BCUT2D eigenvalue weighted by atomic mass is 32.1. The maximum atomic E-state index is 12.5. The molecule has 6 nitrogen and oxygen atoms in total. The van der Waals surface area contributed by atoms with Crippen LogP contribution in [0.4, 0.5) is 5.13 Å². The average Bonchev–Trinajstić information content (AvgIpc) is 3.01. The van der Waals surface area contributed by atoms with Crippen LogP contribution in [0.5, 0.6) is 0 Å². The number of carbonyl (C=O) groups excluding carboxylic acids is 1. The number of nitrogens with zero attached hydrogens (tertiary/aromatic N) is 4. The Morgan fingerprint density at radius 1 is 1.36 bits per heavy atom. The van der Waals surface area contributed by atoms with E-state index in [0.717, 1.165) is 17.1 Å². The Hall–Kier alpha value is -2.28. The van der Waals surface area contributed by atoms with Gasteiger partial charge in [-0.3, -0.25) is 14.5 Å². The van der Waals surface area contributed by atoms with Gasteiger partial charge < -0.3 is 0 Å². The zero-order chi connectivity index (χ0) is 15.7. The molecular weight excluding hydrogens is 298 g/mol. The number of imidazole rings is 1. The quantitative estimate of drug-likeness (QED) is 0.803. The topological polar surface area (TPSA) is 72.2 Å². The predicted octanol–water partition coefficient (Wildman–Crippen LogP) is 2.95. The summed E-state index contributed by atoms with van der Waals surface area (Å²) in [5, 5.41) is 12.4. The number of fused-ring (bicyclic) bond motifs is 1. The summed E-state index contributed by atoms with van der Waals surface area (Å²) in [5.41, 5.74) is 1.97. The Morgan fingerprint density at radius 3 is 2.95 bits per heavy atom. The first-order chi connectivity index (χ1) is 10.5. The van der Waals surface area contributed by atoms with Crippen molar-refractivity contribution < 1.29 is 4.79 Å². The molecule has 0 atom stereocenters. The summed E-state index contributed by atoms with van der Waals surface area (Å²) in [5.74, 6) is 0.293. The molecular formula is C15H17N5OS. The highest BCUT2D eigenvalue weighted by Crippen LogP contribution is 2.20. The van der Waals surface area contributed by atoms with Gasteiger partial charge in [-0.2, -0.15) is 0 Å². The van der Waals surface area contributed by atoms with E-state index in [9.17, 15) is 4.79 Å². The van der Waals surface area contributed by atoms with Crippen molar-refractivity contribution in [2.24, 2.45) is 5.92 Å². The first-order valence-corrected chi connectivity index (χ1v) is 7.93. The summed E-state index contributed by atoms with van der Waals surface area (Å²) >= 11 is 1.41. The summed E-state index contributed by atoms with van der Waals surface area (Å²) < 4.78 is 1.78. The van der Waals surface area contributed by atoms with Gasteiger partial charge >= 0.3 is 0 Å². The van der Waals surface area contributed by atoms with Gasteiger partial charge in [0.05, 0.1) is 5.69 Å². The molecule has 3 aromatic rings. The molecule has 0 radical (unpaired) electrons. The minimum atomic E-state index is -0.219. The third-order valence-corrected chi connectivity index (χ3v) is 4.05. The molecule has 0 saturated heterocycles. The van der Waals surface area contributed by atoms with Crippen LogP contribution in [-0.4, -0.2) is 25.5 Å². The van der Waals surface area contributed by atoms with Gasteiger partial charge in [0.2, 0.25) is 5.13 Å². The zero-order valence-corrected chi connectivity index (χ0v) is 13.5. The van der Waals surface area contributed by atoms with Crippen LogP contribution in [0.3, 0.4) is 0 Å².